The van der Waals surface area contributed by atoms with Gasteiger partial charge in [0.2, 0.25) is 5.91 Å². The topological polar surface area (TPSA) is 65.8 Å². The predicted molar refractivity (Wildman–Crippen MR) is 102 cm³/mol. The Morgan fingerprint density at radius 2 is 2.15 bits per heavy atom. The lowest BCUT2D eigenvalue weighted by Crippen LogP contribution is -2.14. The molecule has 3 rings (SSSR count). The van der Waals surface area contributed by atoms with Gasteiger partial charge in [-0.1, -0.05) is 41.6 Å². The van der Waals surface area contributed by atoms with Gasteiger partial charge >= 0.3 is 0 Å². The van der Waals surface area contributed by atoms with Crippen molar-refractivity contribution < 1.29 is 9.18 Å². The molecule has 0 radical (unpaired) electrons. The Balaban J connectivity index is 1.76. The Kier molecular flexibility index (Phi) is 5.40. The largest absolute Gasteiger partial charge is 0.325 e. The van der Waals surface area contributed by atoms with Crippen LogP contribution in [0.15, 0.2) is 47.5 Å². The average molecular weight is 386 g/mol. The maximum Gasteiger partial charge on any atom is 0.234 e. The van der Waals surface area contributed by atoms with Crippen LogP contribution in [0.5, 0.6) is 0 Å². The number of nitrogens with one attached hydrogen (secondary N) is 1. The van der Waals surface area contributed by atoms with E-state index in [2.05, 4.69) is 16.4 Å². The first-order chi connectivity index (χ1) is 12.5. The zero-order valence-electron chi connectivity index (χ0n) is 13.7. The Morgan fingerprint density at radius 1 is 1.35 bits per heavy atom. The quantitative estimate of drug-likeness (QED) is 0.646. The van der Waals surface area contributed by atoms with Gasteiger partial charge in [-0.25, -0.2) is 9.37 Å². The van der Waals surface area contributed by atoms with Gasteiger partial charge < -0.3 is 5.32 Å². The Hall–Kier alpha value is -2.62. The van der Waals surface area contributed by atoms with Gasteiger partial charge in [0.15, 0.2) is 0 Å². The molecule has 1 aromatic heterocycles. The van der Waals surface area contributed by atoms with Gasteiger partial charge in [-0.3, -0.25) is 4.79 Å². The number of thioether (sulfide) groups is 1. The third-order valence-corrected chi connectivity index (χ3v) is 4.96. The maximum atomic E-state index is 13.2. The number of carbonyl (C=O) groups excluding carboxylic acids is 1. The van der Waals surface area contributed by atoms with E-state index in [1.165, 1.54) is 30.0 Å². The lowest BCUT2D eigenvalue weighted by molar-refractivity contribution is -0.113. The van der Waals surface area contributed by atoms with Crippen LogP contribution in [0.3, 0.4) is 0 Å². The minimum absolute atomic E-state index is 0.0612. The molecule has 0 aliphatic carbocycles. The molecule has 3 aromatic rings. The van der Waals surface area contributed by atoms with Gasteiger partial charge in [0.05, 0.1) is 21.9 Å². The lowest BCUT2D eigenvalue weighted by atomic mass is 10.1. The summed E-state index contributed by atoms with van der Waals surface area (Å²) in [5, 5.41) is 13.3. The SMILES string of the molecule is Cc1cccc2cc(C#N)c(SCC(=O)Nc3ccc(F)c(Cl)c3)nc12. The standard InChI is InChI=1S/C19H13ClFN3OS/c1-11-3-2-4-12-7-13(9-22)19(24-18(11)12)26-10-17(25)23-14-5-6-16(21)15(20)8-14/h2-8H,10H2,1H3,(H,23,25). The van der Waals surface area contributed by atoms with Crippen LogP contribution >= 0.6 is 23.4 Å². The number of fused-ring (bicyclic) bond motifs is 1. The number of amides is 1. The lowest BCUT2D eigenvalue weighted by Gasteiger charge is -2.08. The summed E-state index contributed by atoms with van der Waals surface area (Å²) in [6.07, 6.45) is 0. The van der Waals surface area contributed by atoms with Crippen molar-refractivity contribution in [1.82, 2.24) is 4.98 Å². The fraction of sp³-hybridized carbons (Fsp3) is 0.105. The average Bonchev–Trinajstić information content (AvgIpc) is 2.63. The molecule has 0 saturated heterocycles. The Morgan fingerprint density at radius 3 is 2.88 bits per heavy atom. The summed E-state index contributed by atoms with van der Waals surface area (Å²) in [6.45, 7) is 1.95. The fourth-order valence-electron chi connectivity index (χ4n) is 2.42. The summed E-state index contributed by atoms with van der Waals surface area (Å²) in [6, 6.07) is 13.6. The molecule has 0 bridgehead atoms. The number of rotatable bonds is 4. The highest BCUT2D eigenvalue weighted by Crippen LogP contribution is 2.26. The van der Waals surface area contributed by atoms with Crippen molar-refractivity contribution in [3.05, 3.63) is 64.4 Å². The normalized spacial score (nSPS) is 10.5. The third-order valence-electron chi connectivity index (χ3n) is 3.68. The van der Waals surface area contributed by atoms with Crippen LogP contribution < -0.4 is 5.32 Å². The second-order valence-electron chi connectivity index (χ2n) is 5.57. The first-order valence-corrected chi connectivity index (χ1v) is 9.02. The van der Waals surface area contributed by atoms with E-state index in [-0.39, 0.29) is 16.7 Å². The fourth-order valence-corrected chi connectivity index (χ4v) is 3.36. The van der Waals surface area contributed by atoms with E-state index in [9.17, 15) is 14.4 Å². The van der Waals surface area contributed by atoms with Gasteiger partial charge in [-0.05, 0) is 36.8 Å². The third kappa shape index (κ3) is 3.96. The van der Waals surface area contributed by atoms with Crippen LogP contribution in [0.4, 0.5) is 10.1 Å². The molecule has 0 spiro atoms. The highest BCUT2D eigenvalue weighted by Gasteiger charge is 2.12. The van der Waals surface area contributed by atoms with E-state index < -0.39 is 5.82 Å². The number of nitrogens with zero attached hydrogens (tertiary/aromatic N) is 2. The molecule has 1 heterocycles. The molecule has 1 N–H and O–H groups in total. The molecule has 26 heavy (non-hydrogen) atoms. The number of aromatic nitrogens is 1. The number of benzene rings is 2. The van der Waals surface area contributed by atoms with Crippen LogP contribution in [0.1, 0.15) is 11.1 Å². The van der Waals surface area contributed by atoms with Gasteiger partial charge in [-0.2, -0.15) is 5.26 Å². The van der Waals surface area contributed by atoms with E-state index in [0.717, 1.165) is 16.5 Å². The molecule has 1 amide bonds. The van der Waals surface area contributed by atoms with Crippen LogP contribution in [-0.2, 0) is 4.79 Å². The molecular formula is C19H13ClFN3OS. The molecule has 4 nitrogen and oxygen atoms in total. The van der Waals surface area contributed by atoms with Crippen LogP contribution in [0, 0.1) is 24.1 Å². The number of carbonyl (C=O) groups is 1. The van der Waals surface area contributed by atoms with Crippen molar-refractivity contribution >= 4 is 45.9 Å². The van der Waals surface area contributed by atoms with Crippen molar-refractivity contribution in [2.24, 2.45) is 0 Å². The summed E-state index contributed by atoms with van der Waals surface area (Å²) in [4.78, 5) is 16.7. The first kappa shape index (κ1) is 18.2. The van der Waals surface area contributed by atoms with E-state index in [1.54, 1.807) is 6.07 Å². The minimum Gasteiger partial charge on any atom is -0.325 e. The van der Waals surface area contributed by atoms with Gasteiger partial charge in [0.25, 0.3) is 0 Å². The van der Waals surface area contributed by atoms with Crippen LogP contribution in [0.2, 0.25) is 5.02 Å². The van der Waals surface area contributed by atoms with E-state index in [1.807, 2.05) is 25.1 Å². The van der Waals surface area contributed by atoms with Crippen LogP contribution in [0.25, 0.3) is 10.9 Å². The number of anilines is 1. The molecule has 0 unspecified atom stereocenters. The summed E-state index contributed by atoms with van der Waals surface area (Å²) in [5.74, 6) is -0.782. The zero-order chi connectivity index (χ0) is 18.7. The number of halogens is 2. The Bertz CT molecular complexity index is 1050. The molecule has 0 atom stereocenters. The summed E-state index contributed by atoms with van der Waals surface area (Å²) < 4.78 is 13.2. The summed E-state index contributed by atoms with van der Waals surface area (Å²) >= 11 is 6.88. The molecule has 0 fully saturated rings. The summed E-state index contributed by atoms with van der Waals surface area (Å²) in [5.41, 5.74) is 2.63. The van der Waals surface area contributed by atoms with Gasteiger partial charge in [-0.15, -0.1) is 0 Å². The maximum absolute atomic E-state index is 13.2. The second kappa shape index (κ2) is 7.73. The summed E-state index contributed by atoms with van der Waals surface area (Å²) in [7, 11) is 0. The monoisotopic (exact) mass is 385 g/mol. The molecule has 7 heteroatoms. The van der Waals surface area contributed by atoms with Gasteiger partial charge in [0.1, 0.15) is 16.9 Å². The van der Waals surface area contributed by atoms with Crippen molar-refractivity contribution in [3.63, 3.8) is 0 Å². The second-order valence-corrected chi connectivity index (χ2v) is 6.94. The van der Waals surface area contributed by atoms with E-state index >= 15 is 0 Å². The predicted octanol–water partition coefficient (Wildman–Crippen LogP) is 4.94. The Labute approximate surface area is 159 Å². The smallest absolute Gasteiger partial charge is 0.234 e. The first-order valence-electron chi connectivity index (χ1n) is 7.66. The van der Waals surface area contributed by atoms with E-state index in [0.29, 0.717) is 16.3 Å². The van der Waals surface area contributed by atoms with Gasteiger partial charge in [0, 0.05) is 11.1 Å². The van der Waals surface area contributed by atoms with Crippen LogP contribution in [-0.4, -0.2) is 16.6 Å². The van der Waals surface area contributed by atoms with Crippen molar-refractivity contribution in [1.29, 1.82) is 5.26 Å². The molecule has 0 aliphatic rings. The number of aryl methyl sites for hydroxylation is 1. The van der Waals surface area contributed by atoms with Crippen molar-refractivity contribution in [2.75, 3.05) is 11.1 Å². The number of para-hydroxylation sites is 1. The molecule has 2 aromatic carbocycles. The number of nitriles is 1. The molecule has 0 saturated carbocycles. The van der Waals surface area contributed by atoms with Crippen molar-refractivity contribution in [2.45, 2.75) is 11.9 Å². The van der Waals surface area contributed by atoms with Crippen molar-refractivity contribution in [3.8, 4) is 6.07 Å². The highest BCUT2D eigenvalue weighted by molar-refractivity contribution is 8.00. The van der Waals surface area contributed by atoms with E-state index in [4.69, 9.17) is 11.6 Å². The highest BCUT2D eigenvalue weighted by atomic mass is 35.5. The molecular weight excluding hydrogens is 373 g/mol. The zero-order valence-corrected chi connectivity index (χ0v) is 15.3. The number of pyridine rings is 1. The number of hydrogen-bond donors (Lipinski definition) is 1. The minimum atomic E-state index is -0.548. The number of hydrogen-bond acceptors (Lipinski definition) is 4. The molecule has 0 aliphatic heterocycles. The molecule has 130 valence electrons.